The van der Waals surface area contributed by atoms with Crippen molar-refractivity contribution in [2.24, 2.45) is 23.5 Å². The number of urea groups is 1. The number of piperazine rings is 1. The standard InChI is InChI=1S/C66H98N8O19/c1-10-49(76)43(6)59-50(91-59)37-65(7,88)30-14-16-41(4)58-42(5)19-25-51(66(8,89-9)31-29-47(75)36-56(82)93-58)92-63(86)72-34-35-73(46(38-72)24-28-55(80)81)64(87)90-39-44-20-22-45(23-21-44)69-60(83)48(17-15-32-68-62(67)85)70-61(84)57(40(2)3)71-52(77)18-12-11-13-33-74-53(78)26-27-54(74)79/h14,16,19-23,25-27,30,40,42-43,46-51,57-59,75-76,88H,10-13,15,17-18,24,28-29,31-39H2,1-9H3,(H,69,83)(H,70,84)(H,71,77)(H,80,81)(H3,67,68,85)/b25-19+,30-14+,41-16+/t42-,43+,46+,47+,48-,49-,50+,51-,57-,58+,59+,65-,66+/m0/s1. The van der Waals surface area contributed by atoms with Gasteiger partial charge in [0.1, 0.15) is 30.4 Å². The fourth-order valence-corrected chi connectivity index (χ4v) is 11.3. The highest BCUT2D eigenvalue weighted by atomic mass is 16.6. The summed E-state index contributed by atoms with van der Waals surface area (Å²) in [6, 6.07) is 2.58. The first-order valence-electron chi connectivity index (χ1n) is 32.1. The van der Waals surface area contributed by atoms with E-state index in [1.807, 2.05) is 20.8 Å². The van der Waals surface area contributed by atoms with E-state index in [0.29, 0.717) is 48.9 Å². The van der Waals surface area contributed by atoms with Gasteiger partial charge in [-0.15, -0.1) is 0 Å². The van der Waals surface area contributed by atoms with E-state index < -0.39 is 108 Å². The van der Waals surface area contributed by atoms with Crippen LogP contribution in [-0.4, -0.2) is 201 Å². The van der Waals surface area contributed by atoms with Crippen LogP contribution in [0.5, 0.6) is 0 Å². The molecule has 93 heavy (non-hydrogen) atoms. The van der Waals surface area contributed by atoms with E-state index in [2.05, 4.69) is 21.3 Å². The van der Waals surface area contributed by atoms with Crippen LogP contribution in [0.4, 0.5) is 20.1 Å². The molecule has 1 aromatic rings. The first-order chi connectivity index (χ1) is 43.9. The van der Waals surface area contributed by atoms with E-state index in [1.54, 1.807) is 89.3 Å². The zero-order valence-corrected chi connectivity index (χ0v) is 55.0. The molecule has 0 bridgehead atoms. The van der Waals surface area contributed by atoms with Crippen LogP contribution in [0.25, 0.3) is 0 Å². The Morgan fingerprint density at radius 1 is 0.935 bits per heavy atom. The molecule has 0 radical (unpaired) electrons. The number of carboxylic acid groups (broad SMARTS) is 1. The van der Waals surface area contributed by atoms with Crippen LogP contribution in [0.3, 0.4) is 0 Å². The Kier molecular flexibility index (Phi) is 29.5. The summed E-state index contributed by atoms with van der Waals surface area (Å²) in [4.78, 5) is 133. The Bertz CT molecular complexity index is 2860. The van der Waals surface area contributed by atoms with Gasteiger partial charge in [-0.1, -0.05) is 77.5 Å². The lowest BCUT2D eigenvalue weighted by Crippen LogP contribution is -2.57. The van der Waals surface area contributed by atoms with Crippen LogP contribution in [0.15, 0.2) is 72.4 Å². The lowest BCUT2D eigenvalue weighted by molar-refractivity contribution is -0.152. The Morgan fingerprint density at radius 3 is 2.28 bits per heavy atom. The number of aliphatic carboxylic acids is 1. The van der Waals surface area contributed by atoms with Gasteiger partial charge in [-0.3, -0.25) is 38.5 Å². The number of aliphatic hydroxyl groups excluding tert-OH is 2. The maximum Gasteiger partial charge on any atom is 0.410 e. The van der Waals surface area contributed by atoms with Gasteiger partial charge in [0.15, 0.2) is 6.10 Å². The number of epoxide rings is 1. The number of carbonyl (C=O) groups excluding carboxylic acids is 9. The SMILES string of the molecule is CC[C@H](O)[C@@H](C)[C@H]1O[C@@H]1C[C@@](C)(O)/C=C/C=C(\C)[C@H]1OC(=O)C[C@H](O)CC[C@@](C)(OC)[C@@H](OC(=O)N2CCN(C(=O)OCc3ccc(NC(=O)[C@H](CCCNC(N)=O)NC(=O)[C@@H](NC(=O)CCCCCN4C(=O)C=CC4=O)C(C)C)cc3)[C@H](CCC(=O)O)C2)/C=C/[C@@H]1C. The molecule has 9 amide bonds. The number of aliphatic hydroxyl groups is 3. The van der Waals surface area contributed by atoms with Gasteiger partial charge in [0.2, 0.25) is 17.7 Å². The molecule has 10 N–H and O–H groups in total. The number of esters is 1. The van der Waals surface area contributed by atoms with Crippen LogP contribution in [-0.2, 0) is 63.9 Å². The number of carbonyl (C=O) groups is 10. The molecule has 516 valence electrons. The predicted octanol–water partition coefficient (Wildman–Crippen LogP) is 5.05. The van der Waals surface area contributed by atoms with Crippen molar-refractivity contribution in [1.29, 1.82) is 0 Å². The Labute approximate surface area is 544 Å². The Hall–Kier alpha value is -7.72. The van der Waals surface area contributed by atoms with Crippen molar-refractivity contribution in [3.05, 3.63) is 77.9 Å². The number of nitrogens with two attached hydrogens (primary N) is 1. The summed E-state index contributed by atoms with van der Waals surface area (Å²) < 4.78 is 29.7. The van der Waals surface area contributed by atoms with Crippen molar-refractivity contribution >= 4 is 65.4 Å². The summed E-state index contributed by atoms with van der Waals surface area (Å²) in [5, 5.41) is 53.0. The number of methoxy groups -OCH3 is 1. The maximum atomic E-state index is 14.3. The van der Waals surface area contributed by atoms with Gasteiger partial charge >= 0.3 is 30.2 Å². The van der Waals surface area contributed by atoms with Crippen molar-refractivity contribution in [3.63, 3.8) is 0 Å². The number of hydrogen-bond donors (Lipinski definition) is 9. The molecular formula is C66H98N8O19. The summed E-state index contributed by atoms with van der Waals surface area (Å²) in [6.45, 7) is 14.1. The molecule has 5 rings (SSSR count). The number of primary amides is 1. The number of ether oxygens (including phenoxy) is 5. The number of imide groups is 1. The lowest BCUT2D eigenvalue weighted by Gasteiger charge is -2.41. The van der Waals surface area contributed by atoms with Crippen LogP contribution >= 0.6 is 0 Å². The highest BCUT2D eigenvalue weighted by Gasteiger charge is 2.47. The fourth-order valence-electron chi connectivity index (χ4n) is 11.3. The van der Waals surface area contributed by atoms with Crippen molar-refractivity contribution in [3.8, 4) is 0 Å². The second-order valence-electron chi connectivity index (χ2n) is 25.4. The van der Waals surface area contributed by atoms with Gasteiger partial charge in [-0.05, 0) is 107 Å². The average molecular weight is 1310 g/mol. The molecule has 0 saturated carbocycles. The molecule has 0 unspecified atom stereocenters. The molecule has 0 aliphatic carbocycles. The van der Waals surface area contributed by atoms with Crippen LogP contribution in [0.1, 0.15) is 144 Å². The second kappa shape index (κ2) is 36.1. The molecule has 27 heteroatoms. The summed E-state index contributed by atoms with van der Waals surface area (Å²) in [5.74, 6) is -5.13. The number of benzene rings is 1. The molecule has 1 aromatic carbocycles. The third kappa shape index (κ3) is 24.3. The first-order valence-corrected chi connectivity index (χ1v) is 32.1. The van der Waals surface area contributed by atoms with Gasteiger partial charge in [0.25, 0.3) is 11.8 Å². The number of unbranched alkanes of at least 4 members (excludes halogenated alkanes) is 2. The highest BCUT2D eigenvalue weighted by Crippen LogP contribution is 2.38. The van der Waals surface area contributed by atoms with Gasteiger partial charge in [-0.2, -0.15) is 0 Å². The molecule has 2 fully saturated rings. The highest BCUT2D eigenvalue weighted by molar-refractivity contribution is 6.12. The zero-order chi connectivity index (χ0) is 68.7. The van der Waals surface area contributed by atoms with Crippen molar-refractivity contribution in [2.75, 3.05) is 45.2 Å². The van der Waals surface area contributed by atoms with E-state index in [4.69, 9.17) is 29.4 Å². The van der Waals surface area contributed by atoms with Gasteiger partial charge in [-0.25, -0.2) is 14.4 Å². The van der Waals surface area contributed by atoms with Gasteiger partial charge in [0, 0.05) is 88.8 Å². The predicted molar refractivity (Wildman–Crippen MR) is 340 cm³/mol. The first kappa shape index (κ1) is 76.0. The second-order valence-corrected chi connectivity index (χ2v) is 25.4. The third-order valence-electron chi connectivity index (χ3n) is 17.3. The molecule has 0 aromatic heterocycles. The Morgan fingerprint density at radius 2 is 1.63 bits per heavy atom. The minimum absolute atomic E-state index is 0.0243. The van der Waals surface area contributed by atoms with Crippen LogP contribution in [0.2, 0.25) is 0 Å². The van der Waals surface area contributed by atoms with E-state index in [-0.39, 0.29) is 127 Å². The normalized spacial score (nSPS) is 25.1. The number of amides is 9. The van der Waals surface area contributed by atoms with Crippen LogP contribution in [0, 0.1) is 17.8 Å². The van der Waals surface area contributed by atoms with Gasteiger partial charge < -0.3 is 80.9 Å². The van der Waals surface area contributed by atoms with E-state index in [1.165, 1.54) is 29.1 Å². The molecule has 0 spiro atoms. The number of nitrogens with one attached hydrogen (secondary N) is 4. The largest absolute Gasteiger partial charge is 0.481 e. The minimum atomic E-state index is -1.26. The van der Waals surface area contributed by atoms with Crippen LogP contribution < -0.4 is 27.0 Å². The summed E-state index contributed by atoms with van der Waals surface area (Å²) >= 11 is 0. The zero-order valence-electron chi connectivity index (χ0n) is 55.0. The minimum Gasteiger partial charge on any atom is -0.481 e. The fraction of sp³-hybridized carbons (Fsp3) is 0.636. The lowest BCUT2D eigenvalue weighted by atomic mass is 9.88. The molecule has 4 heterocycles. The van der Waals surface area contributed by atoms with E-state index >= 15 is 0 Å². The monoisotopic (exact) mass is 1310 g/mol. The smallest absolute Gasteiger partial charge is 0.410 e. The molecule has 4 aliphatic rings. The number of cyclic esters (lactones) is 1. The number of nitrogens with zero attached hydrogens (tertiary/aromatic N) is 3. The van der Waals surface area contributed by atoms with Crippen molar-refractivity contribution in [2.45, 2.75) is 211 Å². The van der Waals surface area contributed by atoms with Crippen molar-refractivity contribution < 1.29 is 92.1 Å². The maximum absolute atomic E-state index is 14.3. The molecule has 27 nitrogen and oxygen atoms in total. The molecule has 4 aliphatic heterocycles. The number of carboxylic acids is 1. The molecule has 13 atom stereocenters. The summed E-state index contributed by atoms with van der Waals surface area (Å²) in [5.41, 5.74) is 4.19. The average Bonchev–Trinajstić information content (AvgIpc) is 1.74. The van der Waals surface area contributed by atoms with Crippen molar-refractivity contribution in [1.82, 2.24) is 30.7 Å². The molecular weight excluding hydrogens is 1210 g/mol. The number of hydrogen-bond acceptors (Lipinski definition) is 18. The van der Waals surface area contributed by atoms with Gasteiger partial charge in [0.05, 0.1) is 42.5 Å². The van der Waals surface area contributed by atoms with E-state index in [9.17, 15) is 68.4 Å². The third-order valence-corrected chi connectivity index (χ3v) is 17.3. The summed E-state index contributed by atoms with van der Waals surface area (Å²) in [6.07, 6.45) is 7.59. The number of allylic oxidation sites excluding steroid dienone is 2. The van der Waals surface area contributed by atoms with E-state index in [0.717, 1.165) is 4.90 Å². The quantitative estimate of drug-likeness (QED) is 0.00893. The Balaban J connectivity index is 1.20. The number of anilines is 1. The topological polar surface area (TPSA) is 385 Å². The summed E-state index contributed by atoms with van der Waals surface area (Å²) in [7, 11) is 1.44. The molecule has 2 saturated heterocycles. The number of rotatable bonds is 31.